The highest BCUT2D eigenvalue weighted by molar-refractivity contribution is 5.89. The van der Waals surface area contributed by atoms with Gasteiger partial charge in [-0.1, -0.05) is 6.07 Å². The van der Waals surface area contributed by atoms with E-state index in [1.54, 1.807) is 24.5 Å². The number of rotatable bonds is 4. The van der Waals surface area contributed by atoms with Gasteiger partial charge in [0.25, 0.3) is 5.69 Å². The highest BCUT2D eigenvalue weighted by Crippen LogP contribution is 2.21. The smallest absolute Gasteiger partial charge is 0.319 e. The van der Waals surface area contributed by atoms with E-state index in [1.165, 1.54) is 0 Å². The van der Waals surface area contributed by atoms with Gasteiger partial charge in [-0.15, -0.1) is 0 Å². The average Bonchev–Trinajstić information content (AvgIpc) is 2.48. The third-order valence-electron chi connectivity index (χ3n) is 2.58. The number of nitrogens with one attached hydrogen (secondary N) is 2. The summed E-state index contributed by atoms with van der Waals surface area (Å²) in [5.74, 6) is -0.753. The second-order valence-electron chi connectivity index (χ2n) is 4.09. The monoisotopic (exact) mass is 290 g/mol. The molecule has 1 heterocycles. The summed E-state index contributed by atoms with van der Waals surface area (Å²) in [6.45, 7) is 0.205. The zero-order chi connectivity index (χ0) is 15.2. The fourth-order valence-electron chi connectivity index (χ4n) is 1.57. The molecule has 2 aromatic rings. The van der Waals surface area contributed by atoms with Crippen LogP contribution in [0.1, 0.15) is 5.56 Å². The lowest BCUT2D eigenvalue weighted by Crippen LogP contribution is -2.28. The molecule has 0 saturated carbocycles. The second-order valence-corrected chi connectivity index (χ2v) is 4.09. The molecule has 0 spiro atoms. The first-order chi connectivity index (χ1) is 10.1. The fraction of sp³-hybridized carbons (Fsp3) is 0.0769. The molecule has 1 aromatic heterocycles. The van der Waals surface area contributed by atoms with Crippen molar-refractivity contribution in [2.24, 2.45) is 0 Å². The number of aromatic nitrogens is 1. The molecule has 0 radical (unpaired) electrons. The highest BCUT2D eigenvalue weighted by Gasteiger charge is 2.12. The Balaban J connectivity index is 1.99. The molecule has 0 saturated heterocycles. The highest BCUT2D eigenvalue weighted by atomic mass is 19.1. The normalized spacial score (nSPS) is 9.95. The van der Waals surface area contributed by atoms with Gasteiger partial charge in [0.2, 0.25) is 0 Å². The fourth-order valence-corrected chi connectivity index (χ4v) is 1.57. The quantitative estimate of drug-likeness (QED) is 0.667. The molecule has 2 N–H and O–H groups in total. The third-order valence-corrected chi connectivity index (χ3v) is 2.58. The van der Waals surface area contributed by atoms with Crippen molar-refractivity contribution < 1.29 is 14.1 Å². The number of benzene rings is 1. The summed E-state index contributed by atoms with van der Waals surface area (Å²) in [5, 5.41) is 15.3. The number of non-ortho nitro benzene ring substituents is 1. The summed E-state index contributed by atoms with van der Waals surface area (Å²) in [5.41, 5.74) is 0.207. The van der Waals surface area contributed by atoms with Crippen molar-refractivity contribution in [2.45, 2.75) is 6.54 Å². The van der Waals surface area contributed by atoms with Crippen LogP contribution >= 0.6 is 0 Å². The Kier molecular flexibility index (Phi) is 4.39. The minimum atomic E-state index is -0.753. The number of nitro benzene ring substituents is 1. The number of hydrogen-bond acceptors (Lipinski definition) is 4. The van der Waals surface area contributed by atoms with Crippen molar-refractivity contribution in [3.8, 4) is 0 Å². The third kappa shape index (κ3) is 3.96. The number of pyridine rings is 1. The maximum absolute atomic E-state index is 13.5. The second kappa shape index (κ2) is 6.42. The van der Waals surface area contributed by atoms with Crippen LogP contribution in [0, 0.1) is 15.9 Å². The SMILES string of the molecule is O=C(NCc1cccnc1)Nc1cc([N+](=O)[O-])ccc1F. The molecule has 0 unspecified atom stereocenters. The summed E-state index contributed by atoms with van der Waals surface area (Å²) in [7, 11) is 0. The molecule has 8 heteroatoms. The zero-order valence-electron chi connectivity index (χ0n) is 10.7. The van der Waals surface area contributed by atoms with Crippen molar-refractivity contribution in [1.82, 2.24) is 10.3 Å². The number of hydrogen-bond donors (Lipinski definition) is 2. The van der Waals surface area contributed by atoms with Crippen LogP contribution in [-0.4, -0.2) is 15.9 Å². The Morgan fingerprint density at radius 2 is 2.19 bits per heavy atom. The van der Waals surface area contributed by atoms with Crippen molar-refractivity contribution in [1.29, 1.82) is 0 Å². The van der Waals surface area contributed by atoms with E-state index >= 15 is 0 Å². The van der Waals surface area contributed by atoms with Gasteiger partial charge in [-0.2, -0.15) is 0 Å². The standard InChI is InChI=1S/C13H11FN4O3/c14-11-4-3-10(18(20)21)6-12(11)17-13(19)16-8-9-2-1-5-15-7-9/h1-7H,8H2,(H2,16,17,19). The topological polar surface area (TPSA) is 97.2 Å². The van der Waals surface area contributed by atoms with Crippen molar-refractivity contribution >= 4 is 17.4 Å². The molecule has 2 amide bonds. The largest absolute Gasteiger partial charge is 0.334 e. The first-order valence-corrected chi connectivity index (χ1v) is 5.94. The molecule has 0 bridgehead atoms. The van der Waals surface area contributed by atoms with Gasteiger partial charge in [0.1, 0.15) is 5.82 Å². The number of nitrogens with zero attached hydrogens (tertiary/aromatic N) is 2. The first kappa shape index (κ1) is 14.4. The number of anilines is 1. The van der Waals surface area contributed by atoms with Gasteiger partial charge in [0.15, 0.2) is 0 Å². The van der Waals surface area contributed by atoms with E-state index in [-0.39, 0.29) is 17.9 Å². The van der Waals surface area contributed by atoms with Gasteiger partial charge < -0.3 is 10.6 Å². The van der Waals surface area contributed by atoms with Crippen LogP contribution in [0.2, 0.25) is 0 Å². The molecule has 21 heavy (non-hydrogen) atoms. The van der Waals surface area contributed by atoms with E-state index < -0.39 is 16.8 Å². The van der Waals surface area contributed by atoms with E-state index in [0.717, 1.165) is 23.8 Å². The van der Waals surface area contributed by atoms with Gasteiger partial charge in [0, 0.05) is 31.1 Å². The van der Waals surface area contributed by atoms with Gasteiger partial charge in [-0.25, -0.2) is 9.18 Å². The zero-order valence-corrected chi connectivity index (χ0v) is 10.7. The van der Waals surface area contributed by atoms with Gasteiger partial charge in [-0.3, -0.25) is 15.1 Å². The minimum Gasteiger partial charge on any atom is -0.334 e. The maximum Gasteiger partial charge on any atom is 0.319 e. The lowest BCUT2D eigenvalue weighted by atomic mass is 10.2. The molecule has 2 rings (SSSR count). The number of carbonyl (C=O) groups is 1. The van der Waals surface area contributed by atoms with E-state index in [4.69, 9.17) is 0 Å². The number of carbonyl (C=O) groups excluding carboxylic acids is 1. The van der Waals surface area contributed by atoms with Gasteiger partial charge in [-0.05, 0) is 17.7 Å². The van der Waals surface area contributed by atoms with Gasteiger partial charge >= 0.3 is 6.03 Å². The Labute approximate surface area is 119 Å². The molecule has 0 fully saturated rings. The molecule has 0 atom stereocenters. The molecule has 1 aromatic carbocycles. The van der Waals surface area contributed by atoms with Crippen LogP contribution in [0.25, 0.3) is 0 Å². The molecule has 0 aliphatic heterocycles. The lowest BCUT2D eigenvalue weighted by Gasteiger charge is -2.08. The number of amides is 2. The van der Waals surface area contributed by atoms with Crippen LogP contribution in [0.5, 0.6) is 0 Å². The van der Waals surface area contributed by atoms with E-state index in [0.29, 0.717) is 0 Å². The first-order valence-electron chi connectivity index (χ1n) is 5.94. The maximum atomic E-state index is 13.5. The summed E-state index contributed by atoms with van der Waals surface area (Å²) < 4.78 is 13.5. The van der Waals surface area contributed by atoms with Crippen molar-refractivity contribution in [3.63, 3.8) is 0 Å². The van der Waals surface area contributed by atoms with E-state index in [2.05, 4.69) is 15.6 Å². The Morgan fingerprint density at radius 3 is 2.86 bits per heavy atom. The summed E-state index contributed by atoms with van der Waals surface area (Å²) in [6, 6.07) is 5.72. The number of nitro groups is 1. The van der Waals surface area contributed by atoms with Crippen LogP contribution < -0.4 is 10.6 Å². The Bertz CT molecular complexity index is 664. The van der Waals surface area contributed by atoms with E-state index in [1.807, 2.05) is 0 Å². The minimum absolute atomic E-state index is 0.205. The Hall–Kier alpha value is -3.03. The summed E-state index contributed by atoms with van der Waals surface area (Å²) in [4.78, 5) is 25.5. The molecule has 0 aliphatic carbocycles. The summed E-state index contributed by atoms with van der Waals surface area (Å²) >= 11 is 0. The van der Waals surface area contributed by atoms with Crippen LogP contribution in [0.3, 0.4) is 0 Å². The van der Waals surface area contributed by atoms with E-state index in [9.17, 15) is 19.3 Å². The molecular weight excluding hydrogens is 279 g/mol. The lowest BCUT2D eigenvalue weighted by molar-refractivity contribution is -0.384. The number of halogens is 1. The average molecular weight is 290 g/mol. The molecule has 7 nitrogen and oxygen atoms in total. The van der Waals surface area contributed by atoms with Crippen molar-refractivity contribution in [2.75, 3.05) is 5.32 Å². The van der Waals surface area contributed by atoms with Crippen molar-refractivity contribution in [3.05, 3.63) is 64.2 Å². The molecule has 108 valence electrons. The predicted octanol–water partition coefficient (Wildman–Crippen LogP) is 2.45. The number of urea groups is 1. The van der Waals surface area contributed by atoms with Crippen LogP contribution in [-0.2, 0) is 6.54 Å². The predicted molar refractivity (Wildman–Crippen MR) is 73.1 cm³/mol. The van der Waals surface area contributed by atoms with Crippen LogP contribution in [0.15, 0.2) is 42.7 Å². The van der Waals surface area contributed by atoms with Gasteiger partial charge in [0.05, 0.1) is 10.6 Å². The molecular formula is C13H11FN4O3. The summed E-state index contributed by atoms with van der Waals surface area (Å²) in [6.07, 6.45) is 3.18. The van der Waals surface area contributed by atoms with Crippen LogP contribution in [0.4, 0.5) is 20.6 Å². The molecule has 0 aliphatic rings. The Morgan fingerprint density at radius 1 is 1.38 bits per heavy atom.